The molecule has 0 aliphatic carbocycles. The molecule has 1 aromatic carbocycles. The van der Waals surface area contributed by atoms with Crippen molar-refractivity contribution in [3.8, 4) is 0 Å². The quantitative estimate of drug-likeness (QED) is 0.871. The molecule has 19 heavy (non-hydrogen) atoms. The van der Waals surface area contributed by atoms with Crippen LogP contribution in [0.1, 0.15) is 32.8 Å². The van der Waals surface area contributed by atoms with E-state index in [2.05, 4.69) is 13.8 Å². The maximum Gasteiger partial charge on any atom is 0.243 e. The normalized spacial score (nSPS) is 14.1. The van der Waals surface area contributed by atoms with Gasteiger partial charge in [0.15, 0.2) is 0 Å². The molecule has 0 radical (unpaired) electrons. The molecule has 0 aliphatic heterocycles. The van der Waals surface area contributed by atoms with Crippen LogP contribution in [0, 0.1) is 5.92 Å². The summed E-state index contributed by atoms with van der Waals surface area (Å²) in [6, 6.07) is 6.81. The molecule has 0 aromatic heterocycles. The fraction of sp³-hybridized carbons (Fsp3) is 0.571. The Morgan fingerprint density at radius 3 is 2.42 bits per heavy atom. The molecule has 0 heterocycles. The Bertz CT molecular complexity index is 512. The van der Waals surface area contributed by atoms with Crippen molar-refractivity contribution >= 4 is 10.0 Å². The molecule has 1 aromatic rings. The third-order valence-electron chi connectivity index (χ3n) is 3.24. The number of rotatable bonds is 6. The van der Waals surface area contributed by atoms with Gasteiger partial charge in [-0.05, 0) is 37.0 Å². The molecule has 5 heteroatoms. The summed E-state index contributed by atoms with van der Waals surface area (Å²) in [4.78, 5) is 0.313. The molecule has 0 aliphatic rings. The zero-order chi connectivity index (χ0) is 14.6. The smallest absolute Gasteiger partial charge is 0.243 e. The maximum atomic E-state index is 12.5. The van der Waals surface area contributed by atoms with E-state index in [1.807, 2.05) is 13.0 Å². The predicted molar refractivity (Wildman–Crippen MR) is 78.2 cm³/mol. The van der Waals surface area contributed by atoms with Crippen molar-refractivity contribution in [2.24, 2.45) is 11.7 Å². The lowest BCUT2D eigenvalue weighted by molar-refractivity contribution is 0.338. The van der Waals surface area contributed by atoms with Crippen LogP contribution < -0.4 is 5.73 Å². The highest BCUT2D eigenvalue weighted by Gasteiger charge is 2.25. The molecule has 2 N–H and O–H groups in total. The van der Waals surface area contributed by atoms with Gasteiger partial charge in [0, 0.05) is 19.6 Å². The zero-order valence-electron chi connectivity index (χ0n) is 12.1. The number of benzene rings is 1. The monoisotopic (exact) mass is 284 g/mol. The minimum absolute atomic E-state index is 0.0217. The van der Waals surface area contributed by atoms with E-state index >= 15 is 0 Å². The van der Waals surface area contributed by atoms with E-state index in [1.54, 1.807) is 25.2 Å². The second-order valence-corrected chi connectivity index (χ2v) is 7.35. The minimum atomic E-state index is -3.44. The number of nitrogens with two attached hydrogens (primary N) is 1. The summed E-state index contributed by atoms with van der Waals surface area (Å²) in [6.07, 6.45) is 0.840. The average Bonchev–Trinajstić information content (AvgIpc) is 2.37. The van der Waals surface area contributed by atoms with Crippen LogP contribution in [-0.4, -0.2) is 25.8 Å². The third-order valence-corrected chi connectivity index (χ3v) is 5.21. The van der Waals surface area contributed by atoms with Gasteiger partial charge in [0.2, 0.25) is 10.0 Å². The highest BCUT2D eigenvalue weighted by molar-refractivity contribution is 7.89. The molecule has 108 valence electrons. The van der Waals surface area contributed by atoms with Crippen LogP contribution in [0.3, 0.4) is 0 Å². The van der Waals surface area contributed by atoms with E-state index in [4.69, 9.17) is 5.73 Å². The molecule has 1 unspecified atom stereocenters. The Kier molecular flexibility index (Phi) is 5.52. The Hall–Kier alpha value is -0.910. The molecule has 0 spiro atoms. The van der Waals surface area contributed by atoms with Gasteiger partial charge in [-0.1, -0.05) is 26.0 Å². The van der Waals surface area contributed by atoms with Crippen LogP contribution in [0.5, 0.6) is 0 Å². The van der Waals surface area contributed by atoms with Gasteiger partial charge in [0.25, 0.3) is 0 Å². The molecule has 1 rings (SSSR count). The Balaban J connectivity index is 3.02. The van der Waals surface area contributed by atoms with Gasteiger partial charge >= 0.3 is 0 Å². The number of hydrogen-bond donors (Lipinski definition) is 1. The SMILES string of the molecule is CC(C)CC(C)N(C)S(=O)(=O)c1cccc(CN)c1. The van der Waals surface area contributed by atoms with E-state index in [0.29, 0.717) is 17.4 Å². The Morgan fingerprint density at radius 2 is 1.89 bits per heavy atom. The predicted octanol–water partition coefficient (Wildman–Crippen LogP) is 2.20. The second kappa shape index (κ2) is 6.50. The first-order valence-corrected chi connectivity index (χ1v) is 8.00. The number of nitrogens with zero attached hydrogens (tertiary/aromatic N) is 1. The van der Waals surface area contributed by atoms with Gasteiger partial charge in [0.1, 0.15) is 0 Å². The van der Waals surface area contributed by atoms with Gasteiger partial charge in [-0.3, -0.25) is 0 Å². The topological polar surface area (TPSA) is 63.4 Å². The lowest BCUT2D eigenvalue weighted by Gasteiger charge is -2.25. The van der Waals surface area contributed by atoms with Crippen molar-refractivity contribution in [2.45, 2.75) is 44.7 Å². The molecular formula is C14H24N2O2S. The van der Waals surface area contributed by atoms with Crippen molar-refractivity contribution in [2.75, 3.05) is 7.05 Å². The molecule has 0 saturated carbocycles. The highest BCUT2D eigenvalue weighted by atomic mass is 32.2. The van der Waals surface area contributed by atoms with Crippen LogP contribution in [-0.2, 0) is 16.6 Å². The molecule has 1 atom stereocenters. The summed E-state index contributed by atoms with van der Waals surface area (Å²) in [6.45, 7) is 6.46. The van der Waals surface area contributed by atoms with Crippen molar-refractivity contribution in [3.63, 3.8) is 0 Å². The summed E-state index contributed by atoms with van der Waals surface area (Å²) in [5, 5.41) is 0. The number of hydrogen-bond acceptors (Lipinski definition) is 3. The van der Waals surface area contributed by atoms with Gasteiger partial charge in [-0.15, -0.1) is 0 Å². The summed E-state index contributed by atoms with van der Waals surface area (Å²) in [5.74, 6) is 0.461. The molecule has 0 fully saturated rings. The summed E-state index contributed by atoms with van der Waals surface area (Å²) >= 11 is 0. The maximum absolute atomic E-state index is 12.5. The molecule has 4 nitrogen and oxygen atoms in total. The van der Waals surface area contributed by atoms with Crippen molar-refractivity contribution < 1.29 is 8.42 Å². The van der Waals surface area contributed by atoms with Crippen LogP contribution in [0.25, 0.3) is 0 Å². The highest BCUT2D eigenvalue weighted by Crippen LogP contribution is 2.20. The molecule has 0 amide bonds. The van der Waals surface area contributed by atoms with E-state index in [0.717, 1.165) is 12.0 Å². The fourth-order valence-corrected chi connectivity index (χ4v) is 3.51. The molecular weight excluding hydrogens is 260 g/mol. The first-order chi connectivity index (χ1) is 8.78. The van der Waals surface area contributed by atoms with E-state index in [9.17, 15) is 8.42 Å². The fourth-order valence-electron chi connectivity index (χ4n) is 2.07. The summed E-state index contributed by atoms with van der Waals surface area (Å²) < 4.78 is 26.5. The zero-order valence-corrected chi connectivity index (χ0v) is 12.9. The van der Waals surface area contributed by atoms with Crippen molar-refractivity contribution in [3.05, 3.63) is 29.8 Å². The summed E-state index contributed by atoms with van der Waals surface area (Å²) in [7, 11) is -1.80. The second-order valence-electron chi connectivity index (χ2n) is 5.35. The first-order valence-electron chi connectivity index (χ1n) is 6.56. The van der Waals surface area contributed by atoms with Crippen molar-refractivity contribution in [1.29, 1.82) is 0 Å². The van der Waals surface area contributed by atoms with Crippen LogP contribution >= 0.6 is 0 Å². The van der Waals surface area contributed by atoms with Crippen LogP contribution in [0.15, 0.2) is 29.2 Å². The van der Waals surface area contributed by atoms with Gasteiger partial charge in [-0.2, -0.15) is 4.31 Å². The van der Waals surface area contributed by atoms with E-state index in [1.165, 1.54) is 4.31 Å². The van der Waals surface area contributed by atoms with Crippen molar-refractivity contribution in [1.82, 2.24) is 4.31 Å². The number of sulfonamides is 1. The largest absolute Gasteiger partial charge is 0.326 e. The Labute approximate surface area is 116 Å². The van der Waals surface area contributed by atoms with Gasteiger partial charge < -0.3 is 5.73 Å². The first kappa shape index (κ1) is 16.1. The third kappa shape index (κ3) is 4.03. The summed E-state index contributed by atoms with van der Waals surface area (Å²) in [5.41, 5.74) is 6.38. The van der Waals surface area contributed by atoms with E-state index in [-0.39, 0.29) is 6.04 Å². The molecule has 0 bridgehead atoms. The van der Waals surface area contributed by atoms with Crippen LogP contribution in [0.2, 0.25) is 0 Å². The standard InChI is InChI=1S/C14H24N2O2S/c1-11(2)8-12(3)16(4)19(17,18)14-7-5-6-13(9-14)10-15/h5-7,9,11-12H,8,10,15H2,1-4H3. The molecule has 0 saturated heterocycles. The van der Waals surface area contributed by atoms with Gasteiger partial charge in [-0.25, -0.2) is 8.42 Å². The van der Waals surface area contributed by atoms with Crippen LogP contribution in [0.4, 0.5) is 0 Å². The minimum Gasteiger partial charge on any atom is -0.326 e. The Morgan fingerprint density at radius 1 is 1.26 bits per heavy atom. The van der Waals surface area contributed by atoms with Gasteiger partial charge in [0.05, 0.1) is 4.90 Å². The van der Waals surface area contributed by atoms with E-state index < -0.39 is 10.0 Å². The lowest BCUT2D eigenvalue weighted by Crippen LogP contribution is -2.35. The average molecular weight is 284 g/mol. The lowest BCUT2D eigenvalue weighted by atomic mass is 10.1.